The van der Waals surface area contributed by atoms with Crippen LogP contribution in [0, 0.1) is 5.82 Å². The Hall–Kier alpha value is -2.82. The molecule has 0 fully saturated rings. The summed E-state index contributed by atoms with van der Waals surface area (Å²) in [4.78, 5) is 20.1. The molecule has 0 spiro atoms. The minimum Gasteiger partial charge on any atom is -0.321 e. The molecule has 0 saturated carbocycles. The van der Waals surface area contributed by atoms with Gasteiger partial charge >= 0.3 is 0 Å². The van der Waals surface area contributed by atoms with Crippen LogP contribution in [0.4, 0.5) is 10.1 Å². The number of rotatable bonds is 2. The van der Waals surface area contributed by atoms with E-state index in [4.69, 9.17) is 0 Å². The number of carbonyl (C=O) groups is 1. The summed E-state index contributed by atoms with van der Waals surface area (Å²) < 4.78 is 13.3. The second-order valence-corrected chi connectivity index (χ2v) is 4.22. The van der Waals surface area contributed by atoms with Gasteiger partial charge in [-0.2, -0.15) is 0 Å². The number of anilines is 1. The average molecular weight is 267 g/mol. The Balaban J connectivity index is 1.99. The molecule has 4 nitrogen and oxygen atoms in total. The minimum absolute atomic E-state index is 0.296. The average Bonchev–Trinajstić information content (AvgIpc) is 2.49. The molecule has 1 N–H and O–H groups in total. The summed E-state index contributed by atoms with van der Waals surface area (Å²) in [6.45, 7) is 0. The normalized spacial score (nSPS) is 10.4. The molecule has 2 aromatic heterocycles. The van der Waals surface area contributed by atoms with Crippen molar-refractivity contribution >= 4 is 22.5 Å². The van der Waals surface area contributed by atoms with Gasteiger partial charge in [-0.25, -0.2) is 4.39 Å². The second-order valence-electron chi connectivity index (χ2n) is 4.22. The number of carbonyl (C=O) groups excluding carboxylic acids is 1. The van der Waals surface area contributed by atoms with Crippen molar-refractivity contribution in [3.63, 3.8) is 0 Å². The van der Waals surface area contributed by atoms with Crippen molar-refractivity contribution < 1.29 is 9.18 Å². The SMILES string of the molecule is O=C(Nc1ccnc2ccc(F)cc12)c1cccnc1. The Morgan fingerprint density at radius 1 is 1.15 bits per heavy atom. The Morgan fingerprint density at radius 3 is 2.85 bits per heavy atom. The first-order valence-corrected chi connectivity index (χ1v) is 6.00. The standard InChI is InChI=1S/C15H10FN3O/c16-11-3-4-13-12(8-11)14(5-7-18-13)19-15(20)10-2-1-6-17-9-10/h1-9H,(H,18,19,20). The molecule has 1 aromatic carbocycles. The maximum Gasteiger partial charge on any atom is 0.257 e. The van der Waals surface area contributed by atoms with E-state index in [9.17, 15) is 9.18 Å². The van der Waals surface area contributed by atoms with Crippen LogP contribution >= 0.6 is 0 Å². The van der Waals surface area contributed by atoms with Gasteiger partial charge in [0.05, 0.1) is 16.8 Å². The van der Waals surface area contributed by atoms with Gasteiger partial charge in [0.15, 0.2) is 0 Å². The minimum atomic E-state index is -0.373. The molecule has 0 aliphatic rings. The maximum atomic E-state index is 13.3. The molecule has 0 bridgehead atoms. The van der Waals surface area contributed by atoms with E-state index in [-0.39, 0.29) is 11.7 Å². The van der Waals surface area contributed by atoms with Crippen LogP contribution in [0.3, 0.4) is 0 Å². The molecule has 0 unspecified atom stereocenters. The van der Waals surface area contributed by atoms with Gasteiger partial charge in [-0.1, -0.05) is 0 Å². The lowest BCUT2D eigenvalue weighted by atomic mass is 10.1. The lowest BCUT2D eigenvalue weighted by Crippen LogP contribution is -2.12. The number of halogens is 1. The summed E-state index contributed by atoms with van der Waals surface area (Å²) >= 11 is 0. The topological polar surface area (TPSA) is 54.9 Å². The predicted octanol–water partition coefficient (Wildman–Crippen LogP) is 3.02. The van der Waals surface area contributed by atoms with E-state index in [1.54, 1.807) is 36.7 Å². The number of pyridine rings is 2. The van der Waals surface area contributed by atoms with Gasteiger partial charge < -0.3 is 5.32 Å². The fraction of sp³-hybridized carbons (Fsp3) is 0. The Labute approximate surface area is 114 Å². The van der Waals surface area contributed by atoms with Crippen molar-refractivity contribution in [2.45, 2.75) is 0 Å². The number of benzene rings is 1. The van der Waals surface area contributed by atoms with Crippen LogP contribution in [-0.2, 0) is 0 Å². The van der Waals surface area contributed by atoms with Crippen molar-refractivity contribution in [2.24, 2.45) is 0 Å². The molecule has 0 radical (unpaired) electrons. The van der Waals surface area contributed by atoms with Crippen LogP contribution < -0.4 is 5.32 Å². The number of hydrogen-bond acceptors (Lipinski definition) is 3. The third-order valence-corrected chi connectivity index (χ3v) is 2.88. The highest BCUT2D eigenvalue weighted by Crippen LogP contribution is 2.22. The first kappa shape index (κ1) is 12.2. The number of aromatic nitrogens is 2. The van der Waals surface area contributed by atoms with E-state index in [0.717, 1.165) is 0 Å². The highest BCUT2D eigenvalue weighted by molar-refractivity contribution is 6.08. The molecule has 2 heterocycles. The number of fused-ring (bicyclic) bond motifs is 1. The van der Waals surface area contributed by atoms with Gasteiger partial charge in [0, 0.05) is 24.0 Å². The molecule has 5 heteroatoms. The first-order chi connectivity index (χ1) is 9.74. The molecule has 0 saturated heterocycles. The van der Waals surface area contributed by atoms with Gasteiger partial charge in [-0.15, -0.1) is 0 Å². The van der Waals surface area contributed by atoms with E-state index in [1.807, 2.05) is 0 Å². The van der Waals surface area contributed by atoms with Crippen LogP contribution in [0.2, 0.25) is 0 Å². The molecular formula is C15H10FN3O. The third-order valence-electron chi connectivity index (χ3n) is 2.88. The second kappa shape index (κ2) is 5.05. The third kappa shape index (κ3) is 2.33. The maximum absolute atomic E-state index is 13.3. The quantitative estimate of drug-likeness (QED) is 0.776. The summed E-state index contributed by atoms with van der Waals surface area (Å²) in [7, 11) is 0. The largest absolute Gasteiger partial charge is 0.321 e. The van der Waals surface area contributed by atoms with E-state index in [1.165, 1.54) is 18.3 Å². The Bertz CT molecular complexity index is 774. The van der Waals surface area contributed by atoms with Crippen molar-refractivity contribution in [1.29, 1.82) is 0 Å². The molecule has 0 aliphatic heterocycles. The molecule has 3 aromatic rings. The van der Waals surface area contributed by atoms with Gasteiger partial charge in [-0.05, 0) is 36.4 Å². The molecule has 0 atom stereocenters. The zero-order valence-electron chi connectivity index (χ0n) is 10.4. The van der Waals surface area contributed by atoms with Crippen LogP contribution in [0.1, 0.15) is 10.4 Å². The number of hydrogen-bond donors (Lipinski definition) is 1. The molecule has 98 valence electrons. The Morgan fingerprint density at radius 2 is 2.05 bits per heavy atom. The van der Waals surface area contributed by atoms with Gasteiger partial charge in [0.25, 0.3) is 5.91 Å². The van der Waals surface area contributed by atoms with E-state index in [2.05, 4.69) is 15.3 Å². The highest BCUT2D eigenvalue weighted by Gasteiger charge is 2.09. The van der Waals surface area contributed by atoms with Gasteiger partial charge in [0.2, 0.25) is 0 Å². The summed E-state index contributed by atoms with van der Waals surface area (Å²) in [6.07, 6.45) is 4.63. The fourth-order valence-corrected chi connectivity index (χ4v) is 1.92. The summed E-state index contributed by atoms with van der Waals surface area (Å²) in [5.41, 5.74) is 1.58. The lowest BCUT2D eigenvalue weighted by molar-refractivity contribution is 0.102. The van der Waals surface area contributed by atoms with Crippen molar-refractivity contribution in [3.8, 4) is 0 Å². The van der Waals surface area contributed by atoms with Crippen LogP contribution in [0.5, 0.6) is 0 Å². The van der Waals surface area contributed by atoms with E-state index < -0.39 is 0 Å². The number of nitrogens with one attached hydrogen (secondary N) is 1. The van der Waals surface area contributed by atoms with Crippen molar-refractivity contribution in [3.05, 3.63) is 66.4 Å². The highest BCUT2D eigenvalue weighted by atomic mass is 19.1. The van der Waals surface area contributed by atoms with Crippen LogP contribution in [0.25, 0.3) is 10.9 Å². The Kier molecular flexibility index (Phi) is 3.09. The molecule has 1 amide bonds. The zero-order chi connectivity index (χ0) is 13.9. The van der Waals surface area contributed by atoms with E-state index in [0.29, 0.717) is 22.2 Å². The summed E-state index contributed by atoms with van der Waals surface area (Å²) in [5, 5.41) is 3.30. The zero-order valence-corrected chi connectivity index (χ0v) is 10.4. The van der Waals surface area contributed by atoms with Crippen LogP contribution in [0.15, 0.2) is 55.0 Å². The summed E-state index contributed by atoms with van der Waals surface area (Å²) in [5.74, 6) is -0.669. The van der Waals surface area contributed by atoms with Crippen LogP contribution in [-0.4, -0.2) is 15.9 Å². The first-order valence-electron chi connectivity index (χ1n) is 6.00. The fourth-order valence-electron chi connectivity index (χ4n) is 1.92. The van der Waals surface area contributed by atoms with Crippen molar-refractivity contribution in [1.82, 2.24) is 9.97 Å². The van der Waals surface area contributed by atoms with E-state index >= 15 is 0 Å². The smallest absolute Gasteiger partial charge is 0.257 e. The molecule has 20 heavy (non-hydrogen) atoms. The monoisotopic (exact) mass is 267 g/mol. The molecule has 3 rings (SSSR count). The molecule has 0 aliphatic carbocycles. The molecular weight excluding hydrogens is 257 g/mol. The van der Waals surface area contributed by atoms with Crippen molar-refractivity contribution in [2.75, 3.05) is 5.32 Å². The number of amides is 1. The summed E-state index contributed by atoms with van der Waals surface area (Å²) in [6, 6.07) is 9.23. The van der Waals surface area contributed by atoms with Gasteiger partial charge in [-0.3, -0.25) is 14.8 Å². The van der Waals surface area contributed by atoms with Gasteiger partial charge in [0.1, 0.15) is 5.82 Å². The lowest BCUT2D eigenvalue weighted by Gasteiger charge is -2.08. The predicted molar refractivity (Wildman–Crippen MR) is 73.9 cm³/mol. The number of nitrogens with zero attached hydrogens (tertiary/aromatic N) is 2.